The number of carboxylic acid groups (broad SMARTS) is 2. The lowest BCUT2D eigenvalue weighted by atomic mass is 10.1. The predicted octanol–water partition coefficient (Wildman–Crippen LogP) is 2.77. The zero-order chi connectivity index (χ0) is 24.8. The zero-order valence-electron chi connectivity index (χ0n) is 18.5. The van der Waals surface area contributed by atoms with Gasteiger partial charge < -0.3 is 20.8 Å². The first-order valence-corrected chi connectivity index (χ1v) is 13.2. The maximum absolute atomic E-state index is 12.1. The van der Waals surface area contributed by atoms with Crippen LogP contribution in [0.15, 0.2) is 60.7 Å². The van der Waals surface area contributed by atoms with Crippen molar-refractivity contribution in [3.8, 4) is 0 Å². The van der Waals surface area contributed by atoms with E-state index in [1.165, 1.54) is 0 Å². The van der Waals surface area contributed by atoms with Crippen molar-refractivity contribution in [2.24, 2.45) is 0 Å². The molecule has 0 aliphatic carbocycles. The van der Waals surface area contributed by atoms with Crippen LogP contribution in [-0.2, 0) is 32.0 Å². The Morgan fingerprint density at radius 1 is 0.647 bits per heavy atom. The number of aryl methyl sites for hydroxylation is 2. The fourth-order valence-corrected chi connectivity index (χ4v) is 5.23. The summed E-state index contributed by atoms with van der Waals surface area (Å²) >= 11 is 0. The summed E-state index contributed by atoms with van der Waals surface area (Å²) in [5.41, 5.74) is 1.97. The Morgan fingerprint density at radius 3 is 1.32 bits per heavy atom. The van der Waals surface area contributed by atoms with Gasteiger partial charge in [0.05, 0.1) is 0 Å². The van der Waals surface area contributed by atoms with Gasteiger partial charge in [-0.1, -0.05) is 82.3 Å². The van der Waals surface area contributed by atoms with E-state index in [9.17, 15) is 29.4 Å². The van der Waals surface area contributed by atoms with Crippen molar-refractivity contribution in [1.29, 1.82) is 0 Å². The lowest BCUT2D eigenvalue weighted by Crippen LogP contribution is -2.43. The van der Waals surface area contributed by atoms with Crippen molar-refractivity contribution in [2.45, 2.75) is 37.8 Å². The molecule has 2 amide bonds. The number of nitrogens with one attached hydrogen (secondary N) is 2. The molecule has 4 N–H and O–H groups in total. The van der Waals surface area contributed by atoms with E-state index in [-0.39, 0.29) is 36.2 Å². The second kappa shape index (κ2) is 15.0. The minimum Gasteiger partial charge on any atom is -0.480 e. The van der Waals surface area contributed by atoms with Crippen LogP contribution in [-0.4, -0.2) is 57.6 Å². The largest absolute Gasteiger partial charge is 0.480 e. The summed E-state index contributed by atoms with van der Waals surface area (Å²) in [6, 6.07) is 16.6. The molecule has 10 heteroatoms. The molecule has 0 radical (unpaired) electrons. The van der Waals surface area contributed by atoms with Crippen LogP contribution in [0.2, 0.25) is 0 Å². The molecule has 2 aromatic rings. The third kappa shape index (κ3) is 10.8. The normalized spacial score (nSPS) is 12.4. The molecule has 0 heterocycles. The molecule has 0 saturated carbocycles. The van der Waals surface area contributed by atoms with Crippen molar-refractivity contribution in [3.63, 3.8) is 0 Å². The number of hydrogen-bond donors (Lipinski definition) is 4. The molecule has 182 valence electrons. The summed E-state index contributed by atoms with van der Waals surface area (Å²) in [7, 11) is 2.27. The van der Waals surface area contributed by atoms with Gasteiger partial charge in [-0.2, -0.15) is 0 Å². The summed E-state index contributed by atoms with van der Waals surface area (Å²) in [5.74, 6) is -2.93. The Kier molecular flexibility index (Phi) is 12.0. The van der Waals surface area contributed by atoms with Crippen molar-refractivity contribution in [1.82, 2.24) is 10.6 Å². The van der Waals surface area contributed by atoms with Gasteiger partial charge in [-0.05, 0) is 24.0 Å². The van der Waals surface area contributed by atoms with Gasteiger partial charge in [-0.3, -0.25) is 9.59 Å². The minimum atomic E-state index is -1.16. The summed E-state index contributed by atoms with van der Waals surface area (Å²) in [4.78, 5) is 47.2. The highest BCUT2D eigenvalue weighted by atomic mass is 33.1. The molecule has 2 rings (SSSR count). The van der Waals surface area contributed by atoms with Crippen LogP contribution in [0.4, 0.5) is 0 Å². The van der Waals surface area contributed by atoms with Gasteiger partial charge in [0.1, 0.15) is 12.1 Å². The molecular weight excluding hydrogens is 476 g/mol. The smallest absolute Gasteiger partial charge is 0.327 e. The van der Waals surface area contributed by atoms with Gasteiger partial charge >= 0.3 is 11.9 Å². The molecule has 0 aliphatic rings. The number of hydrogen-bond acceptors (Lipinski definition) is 6. The van der Waals surface area contributed by atoms with E-state index in [4.69, 9.17) is 0 Å². The first-order chi connectivity index (χ1) is 16.3. The van der Waals surface area contributed by atoms with Crippen molar-refractivity contribution in [2.75, 3.05) is 11.5 Å². The zero-order valence-corrected chi connectivity index (χ0v) is 20.1. The number of carbonyl (C=O) groups excluding carboxylic acids is 2. The van der Waals surface area contributed by atoms with Gasteiger partial charge in [0.2, 0.25) is 11.8 Å². The Bertz CT molecular complexity index is 865. The van der Waals surface area contributed by atoms with Crippen molar-refractivity contribution < 1.29 is 29.4 Å². The van der Waals surface area contributed by atoms with Crippen LogP contribution in [0.3, 0.4) is 0 Å². The van der Waals surface area contributed by atoms with E-state index >= 15 is 0 Å². The highest BCUT2D eigenvalue weighted by molar-refractivity contribution is 8.76. The third-order valence-electron chi connectivity index (χ3n) is 4.79. The quantitative estimate of drug-likeness (QED) is 0.215. The third-order valence-corrected chi connectivity index (χ3v) is 7.21. The van der Waals surface area contributed by atoms with Crippen LogP contribution in [0, 0.1) is 0 Å². The SMILES string of the molecule is O=C(CCc1ccccc1)NC(CSSCC(NC(=O)CCc1ccccc1)C(=O)O)C(=O)O. The standard InChI is InChI=1S/C24H28N2O6S2/c27-21(13-11-17-7-3-1-4-8-17)25-19(23(29)30)15-33-34-16-20(24(31)32)26-22(28)14-12-18-9-5-2-6-10-18/h1-10,19-20H,11-16H2,(H,25,27)(H,26,28)(H,29,30)(H,31,32). The molecule has 0 spiro atoms. The monoisotopic (exact) mass is 504 g/mol. The second-order valence-corrected chi connectivity index (χ2v) is 10.0. The molecule has 34 heavy (non-hydrogen) atoms. The average Bonchev–Trinajstić information content (AvgIpc) is 2.83. The molecule has 8 nitrogen and oxygen atoms in total. The van der Waals surface area contributed by atoms with Crippen LogP contribution in [0.1, 0.15) is 24.0 Å². The average molecular weight is 505 g/mol. The number of aliphatic carboxylic acids is 2. The molecule has 0 fully saturated rings. The lowest BCUT2D eigenvalue weighted by molar-refractivity contribution is -0.141. The van der Waals surface area contributed by atoms with Gasteiger partial charge in [-0.25, -0.2) is 9.59 Å². The Hall–Kier alpha value is -2.98. The van der Waals surface area contributed by atoms with Crippen molar-refractivity contribution in [3.05, 3.63) is 71.8 Å². The Morgan fingerprint density at radius 2 is 1.00 bits per heavy atom. The maximum Gasteiger partial charge on any atom is 0.327 e. The van der Waals surface area contributed by atoms with Gasteiger partial charge in [0, 0.05) is 24.3 Å². The topological polar surface area (TPSA) is 133 Å². The maximum atomic E-state index is 12.1. The highest BCUT2D eigenvalue weighted by Gasteiger charge is 2.23. The van der Waals surface area contributed by atoms with E-state index in [1.807, 2.05) is 60.7 Å². The summed E-state index contributed by atoms with van der Waals surface area (Å²) in [6.07, 6.45) is 1.35. The summed E-state index contributed by atoms with van der Waals surface area (Å²) < 4.78 is 0. The fraction of sp³-hybridized carbons (Fsp3) is 0.333. The predicted molar refractivity (Wildman–Crippen MR) is 134 cm³/mol. The second-order valence-electron chi connectivity index (χ2n) is 7.46. The number of benzene rings is 2. The number of amides is 2. The molecule has 0 aliphatic heterocycles. The van der Waals surface area contributed by atoms with Gasteiger partial charge in [0.25, 0.3) is 0 Å². The fourth-order valence-electron chi connectivity index (χ4n) is 2.92. The van der Waals surface area contributed by atoms with Gasteiger partial charge in [-0.15, -0.1) is 0 Å². The van der Waals surface area contributed by atoms with E-state index in [2.05, 4.69) is 10.6 Å². The van der Waals surface area contributed by atoms with Crippen LogP contribution in [0.25, 0.3) is 0 Å². The first-order valence-electron chi connectivity index (χ1n) is 10.7. The molecule has 0 saturated heterocycles. The molecule has 2 atom stereocenters. The van der Waals surface area contributed by atoms with Crippen molar-refractivity contribution >= 4 is 45.3 Å². The lowest BCUT2D eigenvalue weighted by Gasteiger charge is -2.16. The van der Waals surface area contributed by atoms with E-state index in [0.29, 0.717) is 12.8 Å². The van der Waals surface area contributed by atoms with Gasteiger partial charge in [0.15, 0.2) is 0 Å². The summed E-state index contributed by atoms with van der Waals surface area (Å²) in [5, 5.41) is 23.8. The van der Waals surface area contributed by atoms with E-state index in [1.54, 1.807) is 0 Å². The Labute approximate surface area is 206 Å². The minimum absolute atomic E-state index is 0.0609. The van der Waals surface area contributed by atoms with E-state index in [0.717, 1.165) is 32.7 Å². The molecular formula is C24H28N2O6S2. The van der Waals surface area contributed by atoms with Crippen LogP contribution < -0.4 is 10.6 Å². The number of carboxylic acids is 2. The Balaban J connectivity index is 1.71. The van der Waals surface area contributed by atoms with E-state index < -0.39 is 24.0 Å². The molecule has 2 unspecified atom stereocenters. The molecule has 0 bridgehead atoms. The number of rotatable bonds is 15. The first kappa shape index (κ1) is 27.3. The summed E-state index contributed by atoms with van der Waals surface area (Å²) in [6.45, 7) is 0. The molecule has 2 aromatic carbocycles. The van der Waals surface area contributed by atoms with Crippen LogP contribution in [0.5, 0.6) is 0 Å². The number of carbonyl (C=O) groups is 4. The van der Waals surface area contributed by atoms with Crippen LogP contribution >= 0.6 is 21.6 Å². The highest BCUT2D eigenvalue weighted by Crippen LogP contribution is 2.23. The molecule has 0 aromatic heterocycles.